The molecule has 0 spiro atoms. The largest absolute Gasteiger partial charge is 0.325 e. The molecule has 3 aliphatic rings. The van der Waals surface area contributed by atoms with E-state index in [1.54, 1.807) is 5.57 Å². The van der Waals surface area contributed by atoms with E-state index >= 15 is 0 Å². The molecule has 4 rings (SSSR count). The first-order valence-corrected chi connectivity index (χ1v) is 13.4. The summed E-state index contributed by atoms with van der Waals surface area (Å²) in [6.07, 6.45) is 13.0. The van der Waals surface area contributed by atoms with Crippen LogP contribution in [0.5, 0.6) is 0 Å². The second-order valence-corrected chi connectivity index (χ2v) is 11.8. The molecule has 2 fully saturated rings. The highest BCUT2D eigenvalue weighted by Gasteiger charge is 2.57. The molecule has 1 aromatic rings. The van der Waals surface area contributed by atoms with Crippen LogP contribution in [-0.2, 0) is 17.6 Å². The molecule has 0 aliphatic heterocycles. The van der Waals surface area contributed by atoms with Crippen LogP contribution in [0.15, 0.2) is 29.8 Å². The SMILES string of the molecule is CCc1cccc(CC)c1NC(=O)[C@]1(C)CCC[C@@]2(C)C1CC=C1CC(C(C)C)CC[C@@H]12. The molecular formula is C30H45NO. The van der Waals surface area contributed by atoms with E-state index in [1.165, 1.54) is 43.2 Å². The highest BCUT2D eigenvalue weighted by atomic mass is 16.2. The molecule has 1 aromatic carbocycles. The zero-order valence-electron chi connectivity index (χ0n) is 21.4. The Kier molecular flexibility index (Phi) is 6.63. The molecule has 0 aromatic heterocycles. The maximum absolute atomic E-state index is 14.0. The zero-order valence-corrected chi connectivity index (χ0v) is 21.4. The predicted octanol–water partition coefficient (Wildman–Crippen LogP) is 7.97. The van der Waals surface area contributed by atoms with Gasteiger partial charge in [0.2, 0.25) is 5.91 Å². The van der Waals surface area contributed by atoms with Gasteiger partial charge in [-0.15, -0.1) is 0 Å². The number of para-hydroxylation sites is 1. The summed E-state index contributed by atoms with van der Waals surface area (Å²) in [5.74, 6) is 2.99. The summed E-state index contributed by atoms with van der Waals surface area (Å²) in [7, 11) is 0. The lowest BCUT2D eigenvalue weighted by Gasteiger charge is -2.58. The van der Waals surface area contributed by atoms with E-state index in [-0.39, 0.29) is 16.7 Å². The van der Waals surface area contributed by atoms with Gasteiger partial charge in [0.05, 0.1) is 5.41 Å². The number of aryl methyl sites for hydroxylation is 2. The molecule has 0 saturated heterocycles. The minimum Gasteiger partial charge on any atom is -0.325 e. The molecule has 0 bridgehead atoms. The Labute approximate surface area is 196 Å². The van der Waals surface area contributed by atoms with Crippen LogP contribution in [0.3, 0.4) is 0 Å². The fourth-order valence-corrected chi connectivity index (χ4v) is 7.72. The van der Waals surface area contributed by atoms with Crippen molar-refractivity contribution in [1.82, 2.24) is 0 Å². The summed E-state index contributed by atoms with van der Waals surface area (Å²) in [4.78, 5) is 14.0. The Bertz CT molecular complexity index is 861. The van der Waals surface area contributed by atoms with Gasteiger partial charge in [0.1, 0.15) is 0 Å². The number of fused-ring (bicyclic) bond motifs is 3. The highest BCUT2D eigenvalue weighted by molar-refractivity contribution is 5.97. The van der Waals surface area contributed by atoms with Crippen LogP contribution in [0.4, 0.5) is 5.69 Å². The van der Waals surface area contributed by atoms with Gasteiger partial charge in [0.25, 0.3) is 0 Å². The van der Waals surface area contributed by atoms with Crippen LogP contribution in [0.25, 0.3) is 0 Å². The summed E-state index contributed by atoms with van der Waals surface area (Å²) in [6.45, 7) is 14.0. The number of hydrogen-bond acceptors (Lipinski definition) is 1. The maximum atomic E-state index is 14.0. The number of benzene rings is 1. The minimum atomic E-state index is -0.296. The second kappa shape index (κ2) is 8.99. The molecule has 5 atom stereocenters. The molecule has 32 heavy (non-hydrogen) atoms. The first-order valence-electron chi connectivity index (χ1n) is 13.4. The van der Waals surface area contributed by atoms with Crippen molar-refractivity contribution < 1.29 is 4.79 Å². The van der Waals surface area contributed by atoms with Crippen molar-refractivity contribution in [3.63, 3.8) is 0 Å². The third-order valence-corrected chi connectivity index (χ3v) is 9.86. The molecule has 2 saturated carbocycles. The maximum Gasteiger partial charge on any atom is 0.230 e. The molecule has 3 aliphatic carbocycles. The Morgan fingerprint density at radius 1 is 1.09 bits per heavy atom. The summed E-state index contributed by atoms with van der Waals surface area (Å²) >= 11 is 0. The Balaban J connectivity index is 1.63. The topological polar surface area (TPSA) is 29.1 Å². The molecular weight excluding hydrogens is 390 g/mol. The van der Waals surface area contributed by atoms with E-state index < -0.39 is 0 Å². The van der Waals surface area contributed by atoms with Crippen molar-refractivity contribution in [2.75, 3.05) is 5.32 Å². The number of anilines is 1. The molecule has 2 unspecified atom stereocenters. The molecule has 0 radical (unpaired) electrons. The van der Waals surface area contributed by atoms with E-state index in [0.29, 0.717) is 11.8 Å². The van der Waals surface area contributed by atoms with E-state index in [0.717, 1.165) is 43.2 Å². The lowest BCUT2D eigenvalue weighted by Crippen LogP contribution is -2.54. The summed E-state index contributed by atoms with van der Waals surface area (Å²) < 4.78 is 0. The number of allylic oxidation sites excluding steroid dienone is 2. The Hall–Kier alpha value is -1.57. The van der Waals surface area contributed by atoms with Crippen molar-refractivity contribution >= 4 is 11.6 Å². The van der Waals surface area contributed by atoms with Gasteiger partial charge in [0, 0.05) is 5.69 Å². The van der Waals surface area contributed by atoms with Gasteiger partial charge in [-0.2, -0.15) is 0 Å². The van der Waals surface area contributed by atoms with Crippen LogP contribution in [0.2, 0.25) is 0 Å². The lowest BCUT2D eigenvalue weighted by molar-refractivity contribution is -0.139. The molecule has 176 valence electrons. The van der Waals surface area contributed by atoms with Crippen molar-refractivity contribution in [2.24, 2.45) is 34.5 Å². The van der Waals surface area contributed by atoms with Gasteiger partial charge in [-0.05, 0) is 91.6 Å². The Morgan fingerprint density at radius 2 is 1.78 bits per heavy atom. The number of rotatable bonds is 5. The van der Waals surface area contributed by atoms with E-state index in [2.05, 4.69) is 71.1 Å². The summed E-state index contributed by atoms with van der Waals surface area (Å²) in [5, 5.41) is 3.48. The molecule has 0 heterocycles. The normalized spacial score (nSPS) is 34.5. The summed E-state index contributed by atoms with van der Waals surface area (Å²) in [5.41, 5.74) is 5.29. The number of amides is 1. The molecule has 1 N–H and O–H groups in total. The third kappa shape index (κ3) is 3.86. The van der Waals surface area contributed by atoms with Crippen molar-refractivity contribution in [3.8, 4) is 0 Å². The third-order valence-electron chi connectivity index (χ3n) is 9.86. The number of carbonyl (C=O) groups is 1. The van der Waals surface area contributed by atoms with Gasteiger partial charge in [-0.1, -0.05) is 77.8 Å². The minimum absolute atomic E-state index is 0.258. The van der Waals surface area contributed by atoms with Gasteiger partial charge in [-0.25, -0.2) is 0 Å². The van der Waals surface area contributed by atoms with Gasteiger partial charge in [0.15, 0.2) is 0 Å². The quantitative estimate of drug-likeness (QED) is 0.467. The second-order valence-electron chi connectivity index (χ2n) is 11.8. The number of carbonyl (C=O) groups excluding carboxylic acids is 1. The first-order chi connectivity index (χ1) is 15.2. The van der Waals surface area contributed by atoms with Crippen LogP contribution in [0, 0.1) is 34.5 Å². The van der Waals surface area contributed by atoms with E-state index in [1.807, 2.05) is 0 Å². The fraction of sp³-hybridized carbons (Fsp3) is 0.700. The molecule has 1 amide bonds. The van der Waals surface area contributed by atoms with E-state index in [4.69, 9.17) is 0 Å². The Morgan fingerprint density at radius 3 is 2.41 bits per heavy atom. The fourth-order valence-electron chi connectivity index (χ4n) is 7.72. The average molecular weight is 436 g/mol. The number of hydrogen-bond donors (Lipinski definition) is 1. The predicted molar refractivity (Wildman–Crippen MR) is 136 cm³/mol. The average Bonchev–Trinajstić information content (AvgIpc) is 2.78. The van der Waals surface area contributed by atoms with Crippen LogP contribution >= 0.6 is 0 Å². The van der Waals surface area contributed by atoms with Gasteiger partial charge >= 0.3 is 0 Å². The van der Waals surface area contributed by atoms with Crippen LogP contribution in [-0.4, -0.2) is 5.91 Å². The monoisotopic (exact) mass is 435 g/mol. The van der Waals surface area contributed by atoms with Crippen LogP contribution in [0.1, 0.15) is 97.6 Å². The smallest absolute Gasteiger partial charge is 0.230 e. The molecule has 2 nitrogen and oxygen atoms in total. The van der Waals surface area contributed by atoms with Crippen molar-refractivity contribution in [1.29, 1.82) is 0 Å². The highest BCUT2D eigenvalue weighted by Crippen LogP contribution is 2.63. The zero-order chi connectivity index (χ0) is 23.1. The first kappa shape index (κ1) is 23.6. The van der Waals surface area contributed by atoms with Crippen molar-refractivity contribution in [2.45, 2.75) is 99.3 Å². The number of nitrogens with one attached hydrogen (secondary N) is 1. The standard InChI is InChI=1S/C30H45NO/c1-7-21-11-9-12-22(8-2)27(21)31-28(32)30(6)18-10-17-29(5)25-15-13-23(20(3)4)19-24(25)14-16-26(29)30/h9,11-12,14,20,23,25-26H,7-8,10,13,15-19H2,1-6H3,(H,31,32)/t23?,25-,26?,29+,30+/m0/s1. The van der Waals surface area contributed by atoms with Crippen molar-refractivity contribution in [3.05, 3.63) is 41.0 Å². The van der Waals surface area contributed by atoms with Crippen LogP contribution < -0.4 is 5.32 Å². The van der Waals surface area contributed by atoms with Gasteiger partial charge in [-0.3, -0.25) is 4.79 Å². The van der Waals surface area contributed by atoms with E-state index in [9.17, 15) is 4.79 Å². The lowest BCUT2D eigenvalue weighted by atomic mass is 9.46. The van der Waals surface area contributed by atoms with Gasteiger partial charge < -0.3 is 5.32 Å². The summed E-state index contributed by atoms with van der Waals surface area (Å²) in [6, 6.07) is 6.48. The molecule has 2 heteroatoms.